The zero-order chi connectivity index (χ0) is 19.7. The van der Waals surface area contributed by atoms with Crippen LogP contribution in [-0.2, 0) is 37.6 Å². The van der Waals surface area contributed by atoms with Gasteiger partial charge in [0.15, 0.2) is 0 Å². The summed E-state index contributed by atoms with van der Waals surface area (Å²) in [7, 11) is 1.87. The van der Waals surface area contributed by atoms with Gasteiger partial charge in [-0.15, -0.1) is 0 Å². The number of carbonyl (C=O) groups excluding carboxylic acids is 1. The number of hydrogen-bond donors (Lipinski definition) is 1. The first-order chi connectivity index (χ1) is 13.5. The van der Waals surface area contributed by atoms with Gasteiger partial charge in [-0.05, 0) is 38.7 Å². The second-order valence-corrected chi connectivity index (χ2v) is 7.29. The Balaban J connectivity index is 1.47. The minimum absolute atomic E-state index is 0.113. The van der Waals surface area contributed by atoms with Gasteiger partial charge in [-0.2, -0.15) is 10.2 Å². The Kier molecular flexibility index (Phi) is 4.93. The summed E-state index contributed by atoms with van der Waals surface area (Å²) in [6.45, 7) is 4.22. The van der Waals surface area contributed by atoms with E-state index in [2.05, 4.69) is 32.4 Å². The van der Waals surface area contributed by atoms with Crippen LogP contribution in [0.3, 0.4) is 0 Å². The van der Waals surface area contributed by atoms with Crippen LogP contribution in [0.15, 0.2) is 18.5 Å². The minimum Gasteiger partial charge on any atom is -0.309 e. The van der Waals surface area contributed by atoms with E-state index in [0.29, 0.717) is 0 Å². The normalized spacial score (nSPS) is 13.0. The summed E-state index contributed by atoms with van der Waals surface area (Å²) >= 11 is 0. The Morgan fingerprint density at radius 3 is 2.96 bits per heavy atom. The summed E-state index contributed by atoms with van der Waals surface area (Å²) in [6, 6.07) is 1.94. The molecule has 0 aromatic carbocycles. The maximum absolute atomic E-state index is 12.5. The van der Waals surface area contributed by atoms with Gasteiger partial charge < -0.3 is 5.32 Å². The lowest BCUT2D eigenvalue weighted by Gasteiger charge is -2.07. The zero-order valence-corrected chi connectivity index (χ0v) is 16.6. The summed E-state index contributed by atoms with van der Waals surface area (Å²) in [5.41, 5.74) is 4.92. The number of aromatic nitrogens is 6. The molecular formula is C20H25N7O. The molecule has 0 bridgehead atoms. The van der Waals surface area contributed by atoms with Crippen LogP contribution in [0, 0.1) is 6.92 Å². The van der Waals surface area contributed by atoms with Gasteiger partial charge in [0, 0.05) is 36.5 Å². The van der Waals surface area contributed by atoms with Gasteiger partial charge >= 0.3 is 0 Å². The Bertz CT molecular complexity index is 1020. The SMILES string of the molecule is CCCc1nc(C)cc(-c2cnn(CC(=O)Nc3c4c(nn3C)CCC4)c2)n1. The molecule has 0 saturated heterocycles. The highest BCUT2D eigenvalue weighted by atomic mass is 16.2. The van der Waals surface area contributed by atoms with Crippen LogP contribution in [0.5, 0.6) is 0 Å². The molecule has 1 N–H and O–H groups in total. The van der Waals surface area contributed by atoms with E-state index in [0.717, 1.165) is 72.0 Å². The third-order valence-corrected chi connectivity index (χ3v) is 4.94. The van der Waals surface area contributed by atoms with E-state index < -0.39 is 0 Å². The quantitative estimate of drug-likeness (QED) is 0.710. The van der Waals surface area contributed by atoms with Crippen molar-refractivity contribution in [3.05, 3.63) is 41.2 Å². The first-order valence-electron chi connectivity index (χ1n) is 9.75. The van der Waals surface area contributed by atoms with Crippen molar-refractivity contribution in [1.29, 1.82) is 0 Å². The highest BCUT2D eigenvalue weighted by Gasteiger charge is 2.22. The van der Waals surface area contributed by atoms with Crippen molar-refractivity contribution >= 4 is 11.7 Å². The summed E-state index contributed by atoms with van der Waals surface area (Å²) in [5.74, 6) is 1.53. The molecule has 0 atom stereocenters. The first-order valence-corrected chi connectivity index (χ1v) is 9.75. The number of nitrogens with one attached hydrogen (secondary N) is 1. The Morgan fingerprint density at radius 2 is 2.14 bits per heavy atom. The van der Waals surface area contributed by atoms with E-state index >= 15 is 0 Å². The highest BCUT2D eigenvalue weighted by Crippen LogP contribution is 2.28. The Morgan fingerprint density at radius 1 is 1.29 bits per heavy atom. The predicted octanol–water partition coefficient (Wildman–Crippen LogP) is 2.46. The molecule has 3 heterocycles. The maximum Gasteiger partial charge on any atom is 0.247 e. The van der Waals surface area contributed by atoms with Gasteiger partial charge in [-0.1, -0.05) is 6.92 Å². The Hall–Kier alpha value is -3.03. The molecule has 0 fully saturated rings. The Labute approximate surface area is 164 Å². The molecule has 28 heavy (non-hydrogen) atoms. The number of nitrogens with zero attached hydrogens (tertiary/aromatic N) is 6. The third-order valence-electron chi connectivity index (χ3n) is 4.94. The van der Waals surface area contributed by atoms with Crippen molar-refractivity contribution in [2.24, 2.45) is 7.05 Å². The smallest absolute Gasteiger partial charge is 0.247 e. The van der Waals surface area contributed by atoms with Gasteiger partial charge in [-0.25, -0.2) is 9.97 Å². The van der Waals surface area contributed by atoms with Crippen LogP contribution in [0.2, 0.25) is 0 Å². The van der Waals surface area contributed by atoms with E-state index in [1.54, 1.807) is 15.6 Å². The van der Waals surface area contributed by atoms with Crippen LogP contribution in [0.1, 0.15) is 42.5 Å². The molecule has 0 unspecified atom stereocenters. The zero-order valence-electron chi connectivity index (χ0n) is 16.6. The second kappa shape index (κ2) is 7.53. The molecular weight excluding hydrogens is 354 g/mol. The number of rotatable bonds is 6. The lowest BCUT2D eigenvalue weighted by atomic mass is 10.2. The van der Waals surface area contributed by atoms with Gasteiger partial charge in [-0.3, -0.25) is 14.2 Å². The van der Waals surface area contributed by atoms with Gasteiger partial charge in [0.2, 0.25) is 5.91 Å². The average molecular weight is 379 g/mol. The summed E-state index contributed by atoms with van der Waals surface area (Å²) in [5, 5.41) is 11.8. The van der Waals surface area contributed by atoms with Gasteiger partial charge in [0.1, 0.15) is 18.2 Å². The van der Waals surface area contributed by atoms with Crippen LogP contribution in [0.25, 0.3) is 11.3 Å². The molecule has 0 spiro atoms. The molecule has 1 aliphatic rings. The van der Waals surface area contributed by atoms with Crippen molar-refractivity contribution in [3.8, 4) is 11.3 Å². The molecule has 0 radical (unpaired) electrons. The molecule has 1 aliphatic carbocycles. The average Bonchev–Trinajstić information content (AvgIpc) is 3.34. The molecule has 8 heteroatoms. The molecule has 4 rings (SSSR count). The van der Waals surface area contributed by atoms with E-state index in [1.165, 1.54) is 0 Å². The summed E-state index contributed by atoms with van der Waals surface area (Å²) in [4.78, 5) is 21.6. The number of carbonyl (C=O) groups is 1. The van der Waals surface area contributed by atoms with Crippen molar-refractivity contribution in [2.75, 3.05) is 5.32 Å². The number of anilines is 1. The number of hydrogen-bond acceptors (Lipinski definition) is 5. The molecule has 8 nitrogen and oxygen atoms in total. The summed E-state index contributed by atoms with van der Waals surface area (Å²) in [6.07, 6.45) is 8.50. The van der Waals surface area contributed by atoms with Crippen molar-refractivity contribution in [2.45, 2.75) is 52.5 Å². The number of fused-ring (bicyclic) bond motifs is 1. The van der Waals surface area contributed by atoms with Crippen LogP contribution >= 0.6 is 0 Å². The minimum atomic E-state index is -0.113. The monoisotopic (exact) mass is 379 g/mol. The van der Waals surface area contributed by atoms with Crippen LogP contribution < -0.4 is 5.32 Å². The largest absolute Gasteiger partial charge is 0.309 e. The third kappa shape index (κ3) is 3.67. The standard InChI is InChI=1S/C20H25N7O/c1-4-6-18-22-13(2)9-17(23-18)14-10-21-27(11-14)12-19(28)24-20-15-7-5-8-16(15)25-26(20)3/h9-11H,4-8,12H2,1-3H3,(H,24,28). The fourth-order valence-electron chi connectivity index (χ4n) is 3.69. The molecule has 0 aliphatic heterocycles. The van der Waals surface area contributed by atoms with E-state index in [4.69, 9.17) is 0 Å². The van der Waals surface area contributed by atoms with Crippen molar-refractivity contribution in [1.82, 2.24) is 29.5 Å². The molecule has 0 saturated carbocycles. The van der Waals surface area contributed by atoms with E-state index in [9.17, 15) is 4.79 Å². The molecule has 3 aromatic rings. The molecule has 1 amide bonds. The molecule has 146 valence electrons. The summed E-state index contributed by atoms with van der Waals surface area (Å²) < 4.78 is 3.40. The van der Waals surface area contributed by atoms with Gasteiger partial charge in [0.05, 0.1) is 17.6 Å². The molecule has 3 aromatic heterocycles. The van der Waals surface area contributed by atoms with Crippen LogP contribution in [0.4, 0.5) is 5.82 Å². The second-order valence-electron chi connectivity index (χ2n) is 7.29. The number of aryl methyl sites for hydroxylation is 4. The predicted molar refractivity (Wildman–Crippen MR) is 106 cm³/mol. The maximum atomic E-state index is 12.5. The number of amides is 1. The van der Waals surface area contributed by atoms with E-state index in [1.807, 2.05) is 26.2 Å². The first kappa shape index (κ1) is 18.3. The topological polar surface area (TPSA) is 90.5 Å². The van der Waals surface area contributed by atoms with Crippen LogP contribution in [-0.4, -0.2) is 35.4 Å². The van der Waals surface area contributed by atoms with Crippen molar-refractivity contribution < 1.29 is 4.79 Å². The van der Waals surface area contributed by atoms with E-state index in [-0.39, 0.29) is 12.5 Å². The fourth-order valence-corrected chi connectivity index (χ4v) is 3.69. The highest BCUT2D eigenvalue weighted by molar-refractivity contribution is 5.90. The fraction of sp³-hybridized carbons (Fsp3) is 0.450. The van der Waals surface area contributed by atoms with Crippen molar-refractivity contribution in [3.63, 3.8) is 0 Å². The van der Waals surface area contributed by atoms with Gasteiger partial charge in [0.25, 0.3) is 0 Å². The lowest BCUT2D eigenvalue weighted by Crippen LogP contribution is -2.21. The lowest BCUT2D eigenvalue weighted by molar-refractivity contribution is -0.117.